The van der Waals surface area contributed by atoms with Crippen LogP contribution in [0.5, 0.6) is 0 Å². The first-order valence-corrected chi connectivity index (χ1v) is 10.3. The molecule has 1 saturated heterocycles. The van der Waals surface area contributed by atoms with Gasteiger partial charge in [0, 0.05) is 13.0 Å². The molecule has 1 heterocycles. The molecule has 10 heteroatoms. The minimum Gasteiger partial charge on any atom is -0.481 e. The molecule has 31 heavy (non-hydrogen) atoms. The lowest BCUT2D eigenvalue weighted by Crippen LogP contribution is -2.44. The highest BCUT2D eigenvalue weighted by molar-refractivity contribution is 7.80. The van der Waals surface area contributed by atoms with Crippen LogP contribution in [0.15, 0.2) is 18.2 Å². The van der Waals surface area contributed by atoms with Gasteiger partial charge in [-0.1, -0.05) is 19.3 Å². The summed E-state index contributed by atoms with van der Waals surface area (Å²) in [5.74, 6) is -1.25. The minimum absolute atomic E-state index is 0.0226. The van der Waals surface area contributed by atoms with E-state index in [0.717, 1.165) is 36.3 Å². The smallest absolute Gasteiger partial charge is 0.417 e. The number of nitriles is 1. The predicted molar refractivity (Wildman–Crippen MR) is 112 cm³/mol. The number of nitrogens with zero attached hydrogens (tertiary/aromatic N) is 3. The number of unbranched alkanes of at least 4 members (excludes halogenated alkanes) is 4. The molecule has 168 valence electrons. The summed E-state index contributed by atoms with van der Waals surface area (Å²) in [6.07, 6.45) is -0.835. The molecule has 0 aromatic heterocycles. The molecule has 1 amide bonds. The van der Waals surface area contributed by atoms with Crippen molar-refractivity contribution in [3.63, 3.8) is 0 Å². The number of alkyl halides is 3. The molecule has 0 bridgehead atoms. The van der Waals surface area contributed by atoms with Crippen molar-refractivity contribution in [1.29, 1.82) is 5.26 Å². The molecule has 0 aliphatic carbocycles. The SMILES string of the molecule is CC1(C)C(=O)N(c2ccc(C#N)c(C(F)(F)F)c2)C(=S)N1CCCCCCCC(=O)O. The Hall–Kier alpha value is -2.67. The van der Waals surface area contributed by atoms with E-state index >= 15 is 0 Å². The van der Waals surface area contributed by atoms with E-state index < -0.39 is 34.7 Å². The molecule has 2 rings (SSSR count). The van der Waals surface area contributed by atoms with E-state index in [-0.39, 0.29) is 17.2 Å². The number of carboxylic acids is 1. The lowest BCUT2D eigenvalue weighted by atomic mass is 10.0. The van der Waals surface area contributed by atoms with Gasteiger partial charge in [0.15, 0.2) is 5.11 Å². The highest BCUT2D eigenvalue weighted by atomic mass is 32.1. The number of hydrogen-bond acceptors (Lipinski definition) is 4. The quantitative estimate of drug-likeness (QED) is 0.429. The molecule has 1 fully saturated rings. The zero-order valence-electron chi connectivity index (χ0n) is 17.3. The highest BCUT2D eigenvalue weighted by Gasteiger charge is 2.49. The first-order chi connectivity index (χ1) is 14.4. The lowest BCUT2D eigenvalue weighted by Gasteiger charge is -2.29. The number of amides is 1. The summed E-state index contributed by atoms with van der Waals surface area (Å²) >= 11 is 5.44. The van der Waals surface area contributed by atoms with Crippen molar-refractivity contribution in [2.24, 2.45) is 0 Å². The summed E-state index contributed by atoms with van der Waals surface area (Å²) in [6.45, 7) is 3.79. The van der Waals surface area contributed by atoms with E-state index in [2.05, 4.69) is 0 Å². The Bertz CT molecular complexity index is 909. The third kappa shape index (κ3) is 5.53. The first kappa shape index (κ1) is 24.6. The van der Waals surface area contributed by atoms with Crippen LogP contribution in [0, 0.1) is 11.3 Å². The molecule has 1 N–H and O–H groups in total. The maximum atomic E-state index is 13.3. The van der Waals surface area contributed by atoms with Crippen LogP contribution in [0.3, 0.4) is 0 Å². The summed E-state index contributed by atoms with van der Waals surface area (Å²) in [5, 5.41) is 17.7. The second-order valence-corrected chi connectivity index (χ2v) is 8.25. The van der Waals surface area contributed by atoms with Crippen LogP contribution in [0.4, 0.5) is 18.9 Å². The van der Waals surface area contributed by atoms with Crippen LogP contribution >= 0.6 is 12.2 Å². The standard InChI is InChI=1S/C21H24F3N3O3S/c1-20(2)18(30)27(15-10-9-14(13-25)16(12-15)21(22,23)24)19(31)26(20)11-7-5-3-4-6-8-17(28)29/h9-10,12H,3-8,11H2,1-2H3,(H,28,29). The number of carbonyl (C=O) groups is 2. The van der Waals surface area contributed by atoms with E-state index in [4.69, 9.17) is 22.6 Å². The van der Waals surface area contributed by atoms with Gasteiger partial charge in [0.25, 0.3) is 5.91 Å². The van der Waals surface area contributed by atoms with Crippen molar-refractivity contribution in [2.45, 2.75) is 64.1 Å². The average molecular weight is 456 g/mol. The number of anilines is 1. The van der Waals surface area contributed by atoms with E-state index in [0.29, 0.717) is 19.4 Å². The molecule has 0 atom stereocenters. The third-order valence-electron chi connectivity index (χ3n) is 5.28. The molecular weight excluding hydrogens is 431 g/mol. The molecule has 1 aliphatic heterocycles. The largest absolute Gasteiger partial charge is 0.481 e. The molecule has 1 aromatic rings. The third-order valence-corrected chi connectivity index (χ3v) is 5.69. The van der Waals surface area contributed by atoms with E-state index in [9.17, 15) is 22.8 Å². The maximum Gasteiger partial charge on any atom is 0.417 e. The van der Waals surface area contributed by atoms with Crippen molar-refractivity contribution in [2.75, 3.05) is 11.4 Å². The summed E-state index contributed by atoms with van der Waals surface area (Å²) in [7, 11) is 0. The van der Waals surface area contributed by atoms with Crippen LogP contribution in [0.25, 0.3) is 0 Å². The topological polar surface area (TPSA) is 84.6 Å². The van der Waals surface area contributed by atoms with E-state index in [1.807, 2.05) is 0 Å². The number of aliphatic carboxylic acids is 1. The number of rotatable bonds is 9. The van der Waals surface area contributed by atoms with Crippen molar-refractivity contribution in [1.82, 2.24) is 4.90 Å². The molecule has 0 unspecified atom stereocenters. The summed E-state index contributed by atoms with van der Waals surface area (Å²) < 4.78 is 40.0. The second-order valence-electron chi connectivity index (χ2n) is 7.88. The van der Waals surface area contributed by atoms with Crippen LogP contribution < -0.4 is 4.90 Å². The number of thiocarbonyl (C=S) groups is 1. The Balaban J connectivity index is 2.12. The van der Waals surface area contributed by atoms with Crippen molar-refractivity contribution < 1.29 is 27.9 Å². The van der Waals surface area contributed by atoms with Gasteiger partial charge in [-0.3, -0.25) is 14.5 Å². The maximum absolute atomic E-state index is 13.3. The zero-order chi connectivity index (χ0) is 23.4. The summed E-state index contributed by atoms with van der Waals surface area (Å²) in [6, 6.07) is 4.64. The summed E-state index contributed by atoms with van der Waals surface area (Å²) in [5.41, 5.74) is -2.67. The van der Waals surface area contributed by atoms with Gasteiger partial charge < -0.3 is 10.0 Å². The fourth-order valence-corrected chi connectivity index (χ4v) is 4.03. The monoisotopic (exact) mass is 455 g/mol. The van der Waals surface area contributed by atoms with Gasteiger partial charge in [-0.15, -0.1) is 0 Å². The van der Waals surface area contributed by atoms with Crippen molar-refractivity contribution >= 4 is 34.9 Å². The summed E-state index contributed by atoms with van der Waals surface area (Å²) in [4.78, 5) is 26.3. The Morgan fingerprint density at radius 3 is 2.39 bits per heavy atom. The Morgan fingerprint density at radius 2 is 1.81 bits per heavy atom. The van der Waals surface area contributed by atoms with Crippen molar-refractivity contribution in [3.8, 4) is 6.07 Å². The van der Waals surface area contributed by atoms with Gasteiger partial charge in [0.2, 0.25) is 0 Å². The molecule has 6 nitrogen and oxygen atoms in total. The molecular formula is C21H24F3N3O3S. The fourth-order valence-electron chi connectivity index (χ4n) is 3.52. The average Bonchev–Trinajstić information content (AvgIpc) is 2.84. The normalized spacial score (nSPS) is 16.0. The van der Waals surface area contributed by atoms with Crippen LogP contribution in [0.1, 0.15) is 63.5 Å². The number of carbonyl (C=O) groups excluding carboxylic acids is 1. The zero-order valence-corrected chi connectivity index (χ0v) is 18.1. The molecule has 1 aliphatic rings. The first-order valence-electron chi connectivity index (χ1n) is 9.90. The van der Waals surface area contributed by atoms with Crippen molar-refractivity contribution in [3.05, 3.63) is 29.3 Å². The number of hydrogen-bond donors (Lipinski definition) is 1. The molecule has 0 spiro atoms. The molecule has 1 aromatic carbocycles. The number of carboxylic acid groups (broad SMARTS) is 1. The van der Waals surface area contributed by atoms with Gasteiger partial charge in [0.1, 0.15) is 5.54 Å². The van der Waals surface area contributed by atoms with Crippen LogP contribution in [-0.2, 0) is 15.8 Å². The van der Waals surface area contributed by atoms with E-state index in [1.165, 1.54) is 12.1 Å². The van der Waals surface area contributed by atoms with Crippen LogP contribution in [0.2, 0.25) is 0 Å². The Kier molecular flexibility index (Phi) is 7.65. The van der Waals surface area contributed by atoms with Gasteiger partial charge in [0.05, 0.1) is 22.9 Å². The number of halogens is 3. The van der Waals surface area contributed by atoms with E-state index in [1.54, 1.807) is 18.7 Å². The Morgan fingerprint density at radius 1 is 1.19 bits per heavy atom. The molecule has 0 saturated carbocycles. The lowest BCUT2D eigenvalue weighted by molar-refractivity contribution is -0.138. The highest BCUT2D eigenvalue weighted by Crippen LogP contribution is 2.37. The van der Waals surface area contributed by atoms with Gasteiger partial charge >= 0.3 is 12.1 Å². The predicted octanol–water partition coefficient (Wildman–Crippen LogP) is 4.71. The minimum atomic E-state index is -4.73. The second kappa shape index (κ2) is 9.64. The molecule has 0 radical (unpaired) electrons. The van der Waals surface area contributed by atoms with Crippen LogP contribution in [-0.4, -0.2) is 39.1 Å². The van der Waals surface area contributed by atoms with Gasteiger partial charge in [-0.25, -0.2) is 0 Å². The fraction of sp³-hybridized carbons (Fsp3) is 0.524. The van der Waals surface area contributed by atoms with Gasteiger partial charge in [-0.2, -0.15) is 18.4 Å². The number of benzene rings is 1. The Labute approximate surface area is 184 Å². The van der Waals surface area contributed by atoms with Gasteiger partial charge in [-0.05, 0) is 57.1 Å².